The van der Waals surface area contributed by atoms with Crippen molar-refractivity contribution >= 4 is 11.6 Å². The van der Waals surface area contributed by atoms with Crippen molar-refractivity contribution in [2.45, 2.75) is 25.7 Å². The fourth-order valence-corrected chi connectivity index (χ4v) is 4.47. The van der Waals surface area contributed by atoms with E-state index in [1.54, 1.807) is 9.58 Å². The molecule has 1 aliphatic heterocycles. The second-order valence-corrected chi connectivity index (χ2v) is 8.12. The van der Waals surface area contributed by atoms with E-state index in [1.165, 1.54) is 6.07 Å². The van der Waals surface area contributed by atoms with E-state index in [1.807, 2.05) is 30.3 Å². The van der Waals surface area contributed by atoms with Gasteiger partial charge in [-0.1, -0.05) is 18.2 Å². The molecule has 5 rings (SSSR count). The Morgan fingerprint density at radius 1 is 1.13 bits per heavy atom. The second-order valence-electron chi connectivity index (χ2n) is 8.12. The number of carbonyl (C=O) groups is 1. The Bertz CT molecular complexity index is 1110. The van der Waals surface area contributed by atoms with Gasteiger partial charge in [-0.3, -0.25) is 4.79 Å². The Balaban J connectivity index is 1.54. The normalized spacial score (nSPS) is 17.7. The van der Waals surface area contributed by atoms with Crippen LogP contribution >= 0.6 is 0 Å². The van der Waals surface area contributed by atoms with Gasteiger partial charge in [0, 0.05) is 42.1 Å². The van der Waals surface area contributed by atoms with Crippen LogP contribution in [0.2, 0.25) is 0 Å². The SMILES string of the molecule is O=C(c1nn(-c2ccc(F)c(F)c2)c2c1CCC2)N(C[C@H]1CCOC1)c1ccccc1. The molecule has 31 heavy (non-hydrogen) atoms. The Labute approximate surface area is 179 Å². The van der Waals surface area contributed by atoms with Crippen molar-refractivity contribution < 1.29 is 18.3 Å². The lowest BCUT2D eigenvalue weighted by Crippen LogP contribution is -2.36. The number of ether oxygens (including phenoxy) is 1. The van der Waals surface area contributed by atoms with Crippen LogP contribution < -0.4 is 4.90 Å². The van der Waals surface area contributed by atoms with Crippen LogP contribution in [0.4, 0.5) is 14.5 Å². The van der Waals surface area contributed by atoms with Crippen LogP contribution in [0.25, 0.3) is 5.69 Å². The molecular weight excluding hydrogens is 400 g/mol. The molecule has 1 saturated heterocycles. The molecule has 3 aromatic rings. The maximum Gasteiger partial charge on any atom is 0.279 e. The van der Waals surface area contributed by atoms with Crippen LogP contribution in [0.5, 0.6) is 0 Å². The number of nitrogens with zero attached hydrogens (tertiary/aromatic N) is 3. The number of rotatable bonds is 5. The van der Waals surface area contributed by atoms with E-state index in [0.717, 1.165) is 54.8 Å². The van der Waals surface area contributed by atoms with Crippen molar-refractivity contribution in [1.82, 2.24) is 9.78 Å². The molecule has 0 N–H and O–H groups in total. The fraction of sp³-hybridized carbons (Fsp3) is 0.333. The van der Waals surface area contributed by atoms with E-state index >= 15 is 0 Å². The summed E-state index contributed by atoms with van der Waals surface area (Å²) in [6.07, 6.45) is 3.31. The van der Waals surface area contributed by atoms with Gasteiger partial charge in [0.15, 0.2) is 17.3 Å². The smallest absolute Gasteiger partial charge is 0.279 e. The summed E-state index contributed by atoms with van der Waals surface area (Å²) in [7, 11) is 0. The fourth-order valence-electron chi connectivity index (χ4n) is 4.47. The molecule has 0 bridgehead atoms. The highest BCUT2D eigenvalue weighted by Crippen LogP contribution is 2.31. The molecule has 1 amide bonds. The summed E-state index contributed by atoms with van der Waals surface area (Å²) in [5, 5.41) is 4.60. The number of fused-ring (bicyclic) bond motifs is 1. The highest BCUT2D eigenvalue weighted by atomic mass is 19.2. The molecule has 0 radical (unpaired) electrons. The van der Waals surface area contributed by atoms with Gasteiger partial charge < -0.3 is 9.64 Å². The van der Waals surface area contributed by atoms with Gasteiger partial charge in [0.25, 0.3) is 5.91 Å². The average molecular weight is 423 g/mol. The first-order valence-corrected chi connectivity index (χ1v) is 10.6. The maximum atomic E-state index is 13.9. The molecule has 0 unspecified atom stereocenters. The zero-order valence-electron chi connectivity index (χ0n) is 17.1. The standard InChI is InChI=1S/C24H23F2N3O2/c25-20-10-9-18(13-21(20)26)29-22-8-4-7-19(22)23(27-29)24(30)28(14-16-11-12-31-15-16)17-5-2-1-3-6-17/h1-3,5-6,9-10,13,16H,4,7-8,11-12,14-15H2/t16-/m1/s1. The number of aromatic nitrogens is 2. The van der Waals surface area contributed by atoms with Gasteiger partial charge in [-0.15, -0.1) is 0 Å². The molecule has 5 nitrogen and oxygen atoms in total. The third kappa shape index (κ3) is 3.74. The summed E-state index contributed by atoms with van der Waals surface area (Å²) in [4.78, 5) is 15.5. The summed E-state index contributed by atoms with van der Waals surface area (Å²) in [5.41, 5.74) is 3.42. The first-order valence-electron chi connectivity index (χ1n) is 10.6. The first-order chi connectivity index (χ1) is 15.1. The Hall–Kier alpha value is -3.06. The number of para-hydroxylation sites is 1. The summed E-state index contributed by atoms with van der Waals surface area (Å²) in [6, 6.07) is 13.3. The van der Waals surface area contributed by atoms with E-state index in [0.29, 0.717) is 31.1 Å². The molecular formula is C24H23F2N3O2. The first kappa shape index (κ1) is 19.9. The van der Waals surface area contributed by atoms with Crippen LogP contribution in [-0.4, -0.2) is 35.4 Å². The molecule has 1 fully saturated rings. The minimum atomic E-state index is -0.931. The zero-order chi connectivity index (χ0) is 21.4. The third-order valence-electron chi connectivity index (χ3n) is 6.06. The summed E-state index contributed by atoms with van der Waals surface area (Å²) < 4.78 is 34.4. The summed E-state index contributed by atoms with van der Waals surface area (Å²) in [6.45, 7) is 1.90. The third-order valence-corrected chi connectivity index (χ3v) is 6.06. The number of anilines is 1. The molecule has 2 heterocycles. The van der Waals surface area contributed by atoms with Gasteiger partial charge in [-0.2, -0.15) is 5.10 Å². The number of carbonyl (C=O) groups excluding carboxylic acids is 1. The highest BCUT2D eigenvalue weighted by Gasteiger charge is 2.32. The number of halogens is 2. The zero-order valence-corrected chi connectivity index (χ0v) is 17.1. The van der Waals surface area contributed by atoms with E-state index in [2.05, 4.69) is 5.10 Å². The van der Waals surface area contributed by atoms with Crippen LogP contribution in [0.3, 0.4) is 0 Å². The average Bonchev–Trinajstić information content (AvgIpc) is 3.52. The second kappa shape index (κ2) is 8.23. The van der Waals surface area contributed by atoms with Crippen molar-refractivity contribution in [3.63, 3.8) is 0 Å². The maximum absolute atomic E-state index is 13.9. The predicted molar refractivity (Wildman–Crippen MR) is 113 cm³/mol. The van der Waals surface area contributed by atoms with Crippen molar-refractivity contribution in [2.75, 3.05) is 24.7 Å². The largest absolute Gasteiger partial charge is 0.381 e. The van der Waals surface area contributed by atoms with Crippen molar-refractivity contribution in [3.05, 3.63) is 77.1 Å². The van der Waals surface area contributed by atoms with Crippen molar-refractivity contribution in [2.24, 2.45) is 5.92 Å². The molecule has 1 atom stereocenters. The van der Waals surface area contributed by atoms with Gasteiger partial charge in [-0.05, 0) is 49.9 Å². The van der Waals surface area contributed by atoms with E-state index < -0.39 is 11.6 Å². The Morgan fingerprint density at radius 3 is 2.71 bits per heavy atom. The number of hydrogen-bond donors (Lipinski definition) is 0. The van der Waals surface area contributed by atoms with E-state index in [9.17, 15) is 13.6 Å². The van der Waals surface area contributed by atoms with Crippen LogP contribution in [0.1, 0.15) is 34.6 Å². The minimum absolute atomic E-state index is 0.169. The Morgan fingerprint density at radius 2 is 1.97 bits per heavy atom. The molecule has 2 aliphatic rings. The minimum Gasteiger partial charge on any atom is -0.381 e. The summed E-state index contributed by atoms with van der Waals surface area (Å²) >= 11 is 0. The van der Waals surface area contributed by atoms with Crippen LogP contribution in [0.15, 0.2) is 48.5 Å². The lowest BCUT2D eigenvalue weighted by molar-refractivity contribution is 0.0975. The molecule has 160 valence electrons. The number of amides is 1. The number of benzene rings is 2. The van der Waals surface area contributed by atoms with Crippen LogP contribution in [-0.2, 0) is 17.6 Å². The Kier molecular flexibility index (Phi) is 5.28. The molecule has 2 aromatic carbocycles. The molecule has 7 heteroatoms. The lowest BCUT2D eigenvalue weighted by atomic mass is 10.1. The molecule has 0 saturated carbocycles. The van der Waals surface area contributed by atoms with Gasteiger partial charge in [-0.25, -0.2) is 13.5 Å². The predicted octanol–water partition coefficient (Wildman–Crippen LogP) is 4.32. The summed E-state index contributed by atoms with van der Waals surface area (Å²) in [5.74, 6) is -1.74. The van der Waals surface area contributed by atoms with Gasteiger partial charge in [0.05, 0.1) is 12.3 Å². The van der Waals surface area contributed by atoms with Crippen molar-refractivity contribution in [1.29, 1.82) is 0 Å². The van der Waals surface area contributed by atoms with Gasteiger partial charge >= 0.3 is 0 Å². The quantitative estimate of drug-likeness (QED) is 0.614. The van der Waals surface area contributed by atoms with Crippen LogP contribution in [0, 0.1) is 17.6 Å². The van der Waals surface area contributed by atoms with E-state index in [-0.39, 0.29) is 11.8 Å². The topological polar surface area (TPSA) is 47.4 Å². The highest BCUT2D eigenvalue weighted by molar-refractivity contribution is 6.06. The lowest BCUT2D eigenvalue weighted by Gasteiger charge is -2.25. The molecule has 0 spiro atoms. The van der Waals surface area contributed by atoms with E-state index in [4.69, 9.17) is 4.74 Å². The number of hydrogen-bond acceptors (Lipinski definition) is 3. The monoisotopic (exact) mass is 423 g/mol. The van der Waals surface area contributed by atoms with Gasteiger partial charge in [0.1, 0.15) is 0 Å². The molecule has 1 aromatic heterocycles. The van der Waals surface area contributed by atoms with Crippen molar-refractivity contribution in [3.8, 4) is 5.69 Å². The van der Waals surface area contributed by atoms with Gasteiger partial charge in [0.2, 0.25) is 0 Å². The molecule has 1 aliphatic carbocycles.